The molecule has 8 heteroatoms. The van der Waals surface area contributed by atoms with E-state index in [2.05, 4.69) is 6.07 Å². The van der Waals surface area contributed by atoms with Gasteiger partial charge in [0.1, 0.15) is 23.3 Å². The highest BCUT2D eigenvalue weighted by Crippen LogP contribution is 2.45. The van der Waals surface area contributed by atoms with Crippen LogP contribution in [0.5, 0.6) is 0 Å². The number of nitrogen functional groups attached to an aromatic ring is 1. The van der Waals surface area contributed by atoms with Crippen molar-refractivity contribution in [1.29, 1.82) is 5.26 Å². The Labute approximate surface area is 202 Å². The summed E-state index contributed by atoms with van der Waals surface area (Å²) in [5.74, 6) is -0.334. The quantitative estimate of drug-likeness (QED) is 0.562. The van der Waals surface area contributed by atoms with E-state index >= 15 is 0 Å². The van der Waals surface area contributed by atoms with Crippen molar-refractivity contribution in [3.05, 3.63) is 88.3 Å². The molecule has 5 rings (SSSR count). The monoisotopic (exact) mass is 478 g/mol. The Morgan fingerprint density at radius 2 is 1.82 bits per heavy atom. The summed E-state index contributed by atoms with van der Waals surface area (Å²) in [6.45, 7) is 0.742. The first-order chi connectivity index (χ1) is 16.7. The second kappa shape index (κ2) is 10.2. The first-order valence-corrected chi connectivity index (χ1v) is 11.9. The smallest absolute Gasteiger partial charge is 0.184 e. The van der Waals surface area contributed by atoms with Crippen LogP contribution in [0.4, 0.5) is 5.00 Å². The third-order valence-corrected chi connectivity index (χ3v) is 7.22. The lowest BCUT2D eigenvalue weighted by atomic mass is 9.88. The van der Waals surface area contributed by atoms with Gasteiger partial charge in [0.2, 0.25) is 0 Å². The standard InChI is InChI=1S/C26H26N2O5S/c1-29-26-21(20-12-18(13-27)24(28)34-20)23(30-14-16-8-4-2-5-9-16)22-19(32-26)15-31-25(33-22)17-10-6-3-7-11-17/h2-12,19,21-23,25-26H,14-15,28H2,1H3/t19-,21+,22-,23+,25?,26+/m1/s1. The molecule has 0 spiro atoms. The fourth-order valence-corrected chi connectivity index (χ4v) is 5.52. The van der Waals surface area contributed by atoms with Crippen molar-refractivity contribution < 1.29 is 23.7 Å². The average Bonchev–Trinajstić information content (AvgIpc) is 3.27. The van der Waals surface area contributed by atoms with Crippen LogP contribution in [0.15, 0.2) is 66.7 Å². The van der Waals surface area contributed by atoms with E-state index in [4.69, 9.17) is 29.4 Å². The van der Waals surface area contributed by atoms with Crippen LogP contribution < -0.4 is 5.73 Å². The SMILES string of the molecule is CO[C@H]1O[C@@H]2COC(c3ccccc3)O[C@H]2[C@@H](OCc2ccccc2)[C@@H]1c1cc(C#N)c(N)s1. The zero-order valence-corrected chi connectivity index (χ0v) is 19.5. The predicted molar refractivity (Wildman–Crippen MR) is 127 cm³/mol. The minimum absolute atomic E-state index is 0.334. The third kappa shape index (κ3) is 4.59. The number of nitriles is 1. The van der Waals surface area contributed by atoms with Crippen LogP contribution in [0.2, 0.25) is 0 Å². The van der Waals surface area contributed by atoms with E-state index in [1.54, 1.807) is 13.2 Å². The Morgan fingerprint density at radius 3 is 2.50 bits per heavy atom. The molecule has 2 aliphatic rings. The zero-order chi connectivity index (χ0) is 23.5. The molecule has 3 aromatic rings. The van der Waals surface area contributed by atoms with E-state index in [0.29, 0.717) is 23.8 Å². The lowest BCUT2D eigenvalue weighted by Gasteiger charge is -2.48. The molecule has 3 heterocycles. The fourth-order valence-electron chi connectivity index (χ4n) is 4.49. The molecule has 0 bridgehead atoms. The van der Waals surface area contributed by atoms with Gasteiger partial charge in [-0.15, -0.1) is 11.3 Å². The molecule has 34 heavy (non-hydrogen) atoms. The predicted octanol–water partition coefficient (Wildman–Crippen LogP) is 4.36. The summed E-state index contributed by atoms with van der Waals surface area (Å²) < 4.78 is 31.1. The van der Waals surface area contributed by atoms with Gasteiger partial charge < -0.3 is 29.4 Å². The first-order valence-electron chi connectivity index (χ1n) is 11.1. The molecule has 176 valence electrons. The van der Waals surface area contributed by atoms with Gasteiger partial charge in [0.25, 0.3) is 0 Å². The lowest BCUT2D eigenvalue weighted by molar-refractivity contribution is -0.346. The molecule has 0 amide bonds. The molecule has 0 radical (unpaired) electrons. The molecule has 7 nitrogen and oxygen atoms in total. The van der Waals surface area contributed by atoms with Gasteiger partial charge in [-0.3, -0.25) is 0 Å². The van der Waals surface area contributed by atoms with Gasteiger partial charge in [-0.05, 0) is 11.6 Å². The molecule has 1 aromatic heterocycles. The molecule has 2 fully saturated rings. The van der Waals surface area contributed by atoms with E-state index in [1.165, 1.54) is 11.3 Å². The number of ether oxygens (including phenoxy) is 5. The van der Waals surface area contributed by atoms with Gasteiger partial charge in [0.05, 0.1) is 30.8 Å². The van der Waals surface area contributed by atoms with Gasteiger partial charge in [0, 0.05) is 17.6 Å². The molecule has 2 aromatic carbocycles. The van der Waals surface area contributed by atoms with Gasteiger partial charge in [0.15, 0.2) is 12.6 Å². The molecule has 0 saturated carbocycles. The molecule has 2 saturated heterocycles. The van der Waals surface area contributed by atoms with Gasteiger partial charge in [-0.2, -0.15) is 5.26 Å². The number of anilines is 1. The number of nitrogens with zero attached hydrogens (tertiary/aromatic N) is 1. The van der Waals surface area contributed by atoms with Crippen molar-refractivity contribution in [2.24, 2.45) is 0 Å². The summed E-state index contributed by atoms with van der Waals surface area (Å²) >= 11 is 1.36. The van der Waals surface area contributed by atoms with Crippen molar-refractivity contribution in [2.75, 3.05) is 19.5 Å². The largest absolute Gasteiger partial charge is 0.389 e. The topological polar surface area (TPSA) is 96.0 Å². The van der Waals surface area contributed by atoms with E-state index in [0.717, 1.165) is 16.0 Å². The highest BCUT2D eigenvalue weighted by Gasteiger charge is 2.52. The Bertz CT molecular complexity index is 1130. The number of nitrogens with two attached hydrogens (primary N) is 1. The summed E-state index contributed by atoms with van der Waals surface area (Å²) in [7, 11) is 1.60. The van der Waals surface area contributed by atoms with Crippen molar-refractivity contribution in [2.45, 2.75) is 43.4 Å². The van der Waals surface area contributed by atoms with Gasteiger partial charge in [-0.1, -0.05) is 60.7 Å². The molecule has 2 aliphatic heterocycles. The van der Waals surface area contributed by atoms with Crippen LogP contribution in [0.25, 0.3) is 0 Å². The maximum Gasteiger partial charge on any atom is 0.184 e. The summed E-state index contributed by atoms with van der Waals surface area (Å²) in [6, 6.07) is 23.8. The summed E-state index contributed by atoms with van der Waals surface area (Å²) in [5, 5.41) is 9.93. The van der Waals surface area contributed by atoms with Crippen molar-refractivity contribution in [1.82, 2.24) is 0 Å². The second-order valence-corrected chi connectivity index (χ2v) is 9.40. The van der Waals surface area contributed by atoms with Crippen LogP contribution >= 0.6 is 11.3 Å². The second-order valence-electron chi connectivity index (χ2n) is 8.28. The Balaban J connectivity index is 1.49. The third-order valence-electron chi connectivity index (χ3n) is 6.16. The molecule has 0 aliphatic carbocycles. The molecular formula is C26H26N2O5S. The molecule has 6 atom stereocenters. The highest BCUT2D eigenvalue weighted by molar-refractivity contribution is 7.16. The van der Waals surface area contributed by atoms with Crippen LogP contribution in [0.3, 0.4) is 0 Å². The lowest BCUT2D eigenvalue weighted by Crippen LogP contribution is -2.59. The van der Waals surface area contributed by atoms with E-state index in [9.17, 15) is 5.26 Å². The summed E-state index contributed by atoms with van der Waals surface area (Å²) in [6.07, 6.45) is -2.32. The van der Waals surface area contributed by atoms with Crippen LogP contribution in [-0.4, -0.2) is 38.3 Å². The molecule has 1 unspecified atom stereocenters. The first kappa shape index (κ1) is 23.0. The minimum Gasteiger partial charge on any atom is -0.389 e. The van der Waals surface area contributed by atoms with Gasteiger partial charge >= 0.3 is 0 Å². The Morgan fingerprint density at radius 1 is 1.09 bits per heavy atom. The minimum atomic E-state index is -0.605. The number of hydrogen-bond acceptors (Lipinski definition) is 8. The average molecular weight is 479 g/mol. The Hall–Kier alpha value is -2.77. The van der Waals surface area contributed by atoms with Crippen molar-refractivity contribution >= 4 is 16.3 Å². The normalized spacial score (nSPS) is 28.7. The summed E-state index contributed by atoms with van der Waals surface area (Å²) in [5.41, 5.74) is 8.53. The molecule has 2 N–H and O–H groups in total. The van der Waals surface area contributed by atoms with Crippen molar-refractivity contribution in [3.63, 3.8) is 0 Å². The van der Waals surface area contributed by atoms with Crippen molar-refractivity contribution in [3.8, 4) is 6.07 Å². The fraction of sp³-hybridized carbons (Fsp3) is 0.346. The zero-order valence-electron chi connectivity index (χ0n) is 18.7. The number of hydrogen-bond donors (Lipinski definition) is 1. The van der Waals surface area contributed by atoms with Crippen LogP contribution in [-0.2, 0) is 30.3 Å². The molecular weight excluding hydrogens is 452 g/mol. The number of benzene rings is 2. The van der Waals surface area contributed by atoms with Crippen LogP contribution in [0, 0.1) is 11.3 Å². The number of thiophene rings is 1. The van der Waals surface area contributed by atoms with E-state index in [-0.39, 0.29) is 12.0 Å². The number of fused-ring (bicyclic) bond motifs is 1. The van der Waals surface area contributed by atoms with E-state index < -0.39 is 24.8 Å². The van der Waals surface area contributed by atoms with Gasteiger partial charge in [-0.25, -0.2) is 0 Å². The van der Waals surface area contributed by atoms with E-state index in [1.807, 2.05) is 60.7 Å². The highest BCUT2D eigenvalue weighted by atomic mass is 32.1. The van der Waals surface area contributed by atoms with Crippen LogP contribution in [0.1, 0.15) is 33.8 Å². The summed E-state index contributed by atoms with van der Waals surface area (Å²) in [4.78, 5) is 0.865. The number of methoxy groups -OCH3 is 1. The maximum absolute atomic E-state index is 9.46. The number of rotatable bonds is 6. The Kier molecular flexibility index (Phi) is 6.92. The maximum atomic E-state index is 9.46.